The molecule has 0 bridgehead atoms. The monoisotopic (exact) mass is 334 g/mol. The molecule has 0 aliphatic carbocycles. The van der Waals surface area contributed by atoms with Gasteiger partial charge in [0.05, 0.1) is 5.69 Å². The van der Waals surface area contributed by atoms with E-state index in [2.05, 4.69) is 11.9 Å². The van der Waals surface area contributed by atoms with Gasteiger partial charge in [0.25, 0.3) is 11.8 Å². The lowest BCUT2D eigenvalue weighted by atomic mass is 10.1. The van der Waals surface area contributed by atoms with Crippen LogP contribution in [0.25, 0.3) is 0 Å². The molecular formula is C16H15ClN2O2S. The summed E-state index contributed by atoms with van der Waals surface area (Å²) in [6.45, 7) is 5.86. The van der Waals surface area contributed by atoms with E-state index in [-0.39, 0.29) is 10.7 Å². The van der Waals surface area contributed by atoms with Crippen molar-refractivity contribution in [3.63, 3.8) is 0 Å². The SMILES string of the molecule is C=C(C=C1C(=O)NC(=S)N(c2ccc(Cl)cc2)C1=O)CCC. The number of carbonyl (C=O) groups is 2. The van der Waals surface area contributed by atoms with Crippen LogP contribution in [-0.2, 0) is 9.59 Å². The molecule has 0 radical (unpaired) electrons. The Kier molecular flexibility index (Phi) is 5.11. The van der Waals surface area contributed by atoms with Crippen molar-refractivity contribution in [1.29, 1.82) is 0 Å². The maximum atomic E-state index is 12.6. The molecule has 0 spiro atoms. The molecule has 4 nitrogen and oxygen atoms in total. The molecule has 1 heterocycles. The first kappa shape index (κ1) is 16.4. The van der Waals surface area contributed by atoms with Crippen molar-refractivity contribution in [2.24, 2.45) is 0 Å². The fourth-order valence-electron chi connectivity index (χ4n) is 2.08. The van der Waals surface area contributed by atoms with Crippen LogP contribution in [0.4, 0.5) is 5.69 Å². The maximum Gasteiger partial charge on any atom is 0.270 e. The Morgan fingerprint density at radius 1 is 1.36 bits per heavy atom. The summed E-state index contributed by atoms with van der Waals surface area (Å²) in [5.74, 6) is -0.967. The molecule has 1 aliphatic rings. The van der Waals surface area contributed by atoms with Crippen molar-refractivity contribution in [1.82, 2.24) is 5.32 Å². The summed E-state index contributed by atoms with van der Waals surface area (Å²) in [5.41, 5.74) is 1.30. The lowest BCUT2D eigenvalue weighted by Gasteiger charge is -2.29. The summed E-state index contributed by atoms with van der Waals surface area (Å²) in [7, 11) is 0. The van der Waals surface area contributed by atoms with Crippen LogP contribution in [0.2, 0.25) is 5.02 Å². The summed E-state index contributed by atoms with van der Waals surface area (Å²) < 4.78 is 0. The van der Waals surface area contributed by atoms with Gasteiger partial charge in [-0.05, 0) is 49.0 Å². The molecule has 1 saturated heterocycles. The van der Waals surface area contributed by atoms with Crippen LogP contribution in [0, 0.1) is 0 Å². The molecule has 22 heavy (non-hydrogen) atoms. The van der Waals surface area contributed by atoms with Crippen molar-refractivity contribution in [2.75, 3.05) is 4.90 Å². The van der Waals surface area contributed by atoms with Gasteiger partial charge in [0.2, 0.25) is 0 Å². The van der Waals surface area contributed by atoms with Gasteiger partial charge < -0.3 is 0 Å². The van der Waals surface area contributed by atoms with E-state index in [9.17, 15) is 9.59 Å². The van der Waals surface area contributed by atoms with Crippen LogP contribution < -0.4 is 10.2 Å². The minimum Gasteiger partial charge on any atom is -0.298 e. The summed E-state index contributed by atoms with van der Waals surface area (Å²) in [5, 5.41) is 3.13. The largest absolute Gasteiger partial charge is 0.298 e. The van der Waals surface area contributed by atoms with Gasteiger partial charge in [0.1, 0.15) is 5.57 Å². The number of anilines is 1. The number of halogens is 1. The van der Waals surface area contributed by atoms with Crippen molar-refractivity contribution in [2.45, 2.75) is 19.8 Å². The fourth-order valence-corrected chi connectivity index (χ4v) is 2.49. The molecule has 1 aliphatic heterocycles. The van der Waals surface area contributed by atoms with Crippen LogP contribution >= 0.6 is 23.8 Å². The van der Waals surface area contributed by atoms with Gasteiger partial charge in [-0.1, -0.05) is 37.1 Å². The van der Waals surface area contributed by atoms with E-state index in [1.807, 2.05) is 6.92 Å². The molecule has 6 heteroatoms. The van der Waals surface area contributed by atoms with Crippen LogP contribution in [-0.4, -0.2) is 16.9 Å². The summed E-state index contributed by atoms with van der Waals surface area (Å²) in [4.78, 5) is 25.9. The molecule has 1 N–H and O–H groups in total. The van der Waals surface area contributed by atoms with Gasteiger partial charge in [0, 0.05) is 5.02 Å². The third-order valence-corrected chi connectivity index (χ3v) is 3.64. The fraction of sp³-hybridized carbons (Fsp3) is 0.188. The molecule has 0 aromatic heterocycles. The summed E-state index contributed by atoms with van der Waals surface area (Å²) in [6.07, 6.45) is 3.12. The number of amides is 2. The van der Waals surface area contributed by atoms with E-state index in [4.69, 9.17) is 23.8 Å². The molecule has 1 fully saturated rings. The third kappa shape index (κ3) is 3.43. The third-order valence-electron chi connectivity index (χ3n) is 3.11. The maximum absolute atomic E-state index is 12.6. The molecule has 0 saturated carbocycles. The molecule has 2 rings (SSSR count). The summed E-state index contributed by atoms with van der Waals surface area (Å²) >= 11 is 11.0. The molecular weight excluding hydrogens is 320 g/mol. The Morgan fingerprint density at radius 2 is 2.00 bits per heavy atom. The quantitative estimate of drug-likeness (QED) is 0.522. The van der Waals surface area contributed by atoms with Crippen molar-refractivity contribution >= 4 is 46.4 Å². The second-order valence-electron chi connectivity index (χ2n) is 4.84. The molecule has 1 aromatic rings. The van der Waals surface area contributed by atoms with Gasteiger partial charge >= 0.3 is 0 Å². The number of hydrogen-bond donors (Lipinski definition) is 1. The van der Waals surface area contributed by atoms with Crippen molar-refractivity contribution in [3.05, 3.63) is 53.1 Å². The Hall–Kier alpha value is -1.98. The normalized spacial score (nSPS) is 16.9. The lowest BCUT2D eigenvalue weighted by molar-refractivity contribution is -0.122. The van der Waals surface area contributed by atoms with E-state index in [1.54, 1.807) is 24.3 Å². The number of rotatable bonds is 4. The number of thiocarbonyl (C=S) groups is 1. The zero-order valence-electron chi connectivity index (χ0n) is 12.1. The van der Waals surface area contributed by atoms with Gasteiger partial charge in [-0.15, -0.1) is 0 Å². The molecule has 2 amide bonds. The van der Waals surface area contributed by atoms with Crippen LogP contribution in [0.1, 0.15) is 19.8 Å². The lowest BCUT2D eigenvalue weighted by Crippen LogP contribution is -2.54. The van der Waals surface area contributed by atoms with Gasteiger partial charge in [-0.3, -0.25) is 19.8 Å². The number of nitrogens with one attached hydrogen (secondary N) is 1. The van der Waals surface area contributed by atoms with Crippen LogP contribution in [0.15, 0.2) is 48.1 Å². The number of hydrogen-bond acceptors (Lipinski definition) is 3. The second kappa shape index (κ2) is 6.85. The van der Waals surface area contributed by atoms with Gasteiger partial charge in [-0.2, -0.15) is 0 Å². The molecule has 1 aromatic carbocycles. The number of nitrogens with zero attached hydrogens (tertiary/aromatic N) is 1. The van der Waals surface area contributed by atoms with Crippen molar-refractivity contribution < 1.29 is 9.59 Å². The topological polar surface area (TPSA) is 49.4 Å². The zero-order chi connectivity index (χ0) is 16.3. The molecule has 114 valence electrons. The number of carbonyl (C=O) groups excluding carboxylic acids is 2. The number of benzene rings is 1. The number of allylic oxidation sites excluding steroid dienone is 2. The first-order valence-corrected chi connectivity index (χ1v) is 7.57. The van der Waals surface area contributed by atoms with E-state index >= 15 is 0 Å². The van der Waals surface area contributed by atoms with E-state index in [0.29, 0.717) is 10.7 Å². The highest BCUT2D eigenvalue weighted by Crippen LogP contribution is 2.23. The Morgan fingerprint density at radius 3 is 2.59 bits per heavy atom. The molecule has 0 unspecified atom stereocenters. The Labute approximate surface area is 139 Å². The minimum atomic E-state index is -0.502. The zero-order valence-corrected chi connectivity index (χ0v) is 13.6. The predicted molar refractivity (Wildman–Crippen MR) is 91.8 cm³/mol. The highest BCUT2D eigenvalue weighted by atomic mass is 35.5. The highest BCUT2D eigenvalue weighted by molar-refractivity contribution is 7.80. The highest BCUT2D eigenvalue weighted by Gasteiger charge is 2.34. The second-order valence-corrected chi connectivity index (χ2v) is 5.67. The predicted octanol–water partition coefficient (Wildman–Crippen LogP) is 3.37. The average Bonchev–Trinajstić information content (AvgIpc) is 2.45. The van der Waals surface area contributed by atoms with E-state index < -0.39 is 11.8 Å². The van der Waals surface area contributed by atoms with Gasteiger partial charge in [0.15, 0.2) is 5.11 Å². The van der Waals surface area contributed by atoms with E-state index in [0.717, 1.165) is 18.4 Å². The summed E-state index contributed by atoms with van der Waals surface area (Å²) in [6, 6.07) is 6.65. The average molecular weight is 335 g/mol. The van der Waals surface area contributed by atoms with Crippen LogP contribution in [0.3, 0.4) is 0 Å². The smallest absolute Gasteiger partial charge is 0.270 e. The standard InChI is InChI=1S/C16H15ClN2O2S/c1-3-4-10(2)9-13-14(20)18-16(22)19(15(13)21)12-7-5-11(17)6-8-12/h5-9H,2-4H2,1H3,(H,18,20,22). The Bertz CT molecular complexity index is 680. The van der Waals surface area contributed by atoms with Gasteiger partial charge in [-0.25, -0.2) is 0 Å². The first-order chi connectivity index (χ1) is 10.4. The molecule has 0 atom stereocenters. The first-order valence-electron chi connectivity index (χ1n) is 6.79. The van der Waals surface area contributed by atoms with E-state index in [1.165, 1.54) is 11.0 Å². The van der Waals surface area contributed by atoms with Crippen molar-refractivity contribution in [3.8, 4) is 0 Å². The Balaban J connectivity index is 2.37. The van der Waals surface area contributed by atoms with Crippen LogP contribution in [0.5, 0.6) is 0 Å². The minimum absolute atomic E-state index is 0.0296.